The second-order valence-corrected chi connectivity index (χ2v) is 5.66. The third-order valence-electron chi connectivity index (χ3n) is 4.25. The van der Waals surface area contributed by atoms with Crippen molar-refractivity contribution in [1.82, 2.24) is 19.7 Å². The van der Waals surface area contributed by atoms with E-state index in [-0.39, 0.29) is 5.91 Å². The third kappa shape index (κ3) is 2.61. The second kappa shape index (κ2) is 5.68. The molecule has 0 aliphatic carbocycles. The first-order valence-electron chi connectivity index (χ1n) is 7.62. The van der Waals surface area contributed by atoms with Crippen LogP contribution in [0.5, 0.6) is 0 Å². The van der Waals surface area contributed by atoms with E-state index >= 15 is 0 Å². The Bertz CT molecular complexity index is 824. The molecule has 1 aliphatic rings. The van der Waals surface area contributed by atoms with Crippen LogP contribution in [0.4, 0.5) is 0 Å². The first-order chi connectivity index (χ1) is 11.3. The Morgan fingerprint density at radius 3 is 2.35 bits per heavy atom. The van der Waals surface area contributed by atoms with E-state index < -0.39 is 0 Å². The van der Waals surface area contributed by atoms with Gasteiger partial charge < -0.3 is 4.90 Å². The van der Waals surface area contributed by atoms with Crippen molar-refractivity contribution in [2.75, 3.05) is 6.54 Å². The molecule has 4 rings (SSSR count). The van der Waals surface area contributed by atoms with Gasteiger partial charge in [0.1, 0.15) is 12.7 Å². The molecule has 2 aromatic carbocycles. The molecule has 0 radical (unpaired) electrons. The lowest BCUT2D eigenvalue weighted by Gasteiger charge is -2.29. The number of carbonyl (C=O) groups excluding carboxylic acids is 1. The van der Waals surface area contributed by atoms with Crippen LogP contribution in [0.15, 0.2) is 61.2 Å². The van der Waals surface area contributed by atoms with Crippen LogP contribution < -0.4 is 0 Å². The summed E-state index contributed by atoms with van der Waals surface area (Å²) < 4.78 is 1.81. The standard InChI is InChI=1S/C18H16N4O/c23-18(21-10-9-14-3-1-2-4-16(14)11-21)15-5-7-17(8-6-15)22-12-19-20-13-22/h1-8,12-13H,9-11H2. The van der Waals surface area contributed by atoms with Crippen LogP contribution in [0.25, 0.3) is 5.69 Å². The van der Waals surface area contributed by atoms with Crippen LogP contribution in [0.3, 0.4) is 0 Å². The molecule has 23 heavy (non-hydrogen) atoms. The number of rotatable bonds is 2. The van der Waals surface area contributed by atoms with E-state index in [0.717, 1.165) is 18.7 Å². The average Bonchev–Trinajstić information content (AvgIpc) is 3.15. The lowest BCUT2D eigenvalue weighted by atomic mass is 9.99. The van der Waals surface area contributed by atoms with Gasteiger partial charge in [-0.3, -0.25) is 9.36 Å². The molecule has 0 atom stereocenters. The van der Waals surface area contributed by atoms with Gasteiger partial charge in [0, 0.05) is 24.3 Å². The van der Waals surface area contributed by atoms with Gasteiger partial charge in [0.05, 0.1) is 0 Å². The summed E-state index contributed by atoms with van der Waals surface area (Å²) >= 11 is 0. The number of amides is 1. The van der Waals surface area contributed by atoms with Crippen LogP contribution in [-0.4, -0.2) is 32.1 Å². The second-order valence-electron chi connectivity index (χ2n) is 5.66. The van der Waals surface area contributed by atoms with Crippen molar-refractivity contribution >= 4 is 5.91 Å². The lowest BCUT2D eigenvalue weighted by molar-refractivity contribution is 0.0734. The van der Waals surface area contributed by atoms with Gasteiger partial charge in [0.25, 0.3) is 5.91 Å². The van der Waals surface area contributed by atoms with E-state index in [1.807, 2.05) is 39.8 Å². The number of aromatic nitrogens is 3. The highest BCUT2D eigenvalue weighted by molar-refractivity contribution is 5.94. The number of hydrogen-bond acceptors (Lipinski definition) is 3. The van der Waals surface area contributed by atoms with Gasteiger partial charge in [-0.2, -0.15) is 0 Å². The summed E-state index contributed by atoms with van der Waals surface area (Å²) in [6.07, 6.45) is 4.19. The molecule has 0 unspecified atom stereocenters. The van der Waals surface area contributed by atoms with E-state index in [9.17, 15) is 4.79 Å². The third-order valence-corrected chi connectivity index (χ3v) is 4.25. The van der Waals surface area contributed by atoms with Crippen LogP contribution in [-0.2, 0) is 13.0 Å². The van der Waals surface area contributed by atoms with Gasteiger partial charge in [-0.25, -0.2) is 0 Å². The highest BCUT2D eigenvalue weighted by Gasteiger charge is 2.21. The van der Waals surface area contributed by atoms with Gasteiger partial charge in [-0.1, -0.05) is 24.3 Å². The van der Waals surface area contributed by atoms with Crippen molar-refractivity contribution in [3.63, 3.8) is 0 Å². The zero-order chi connectivity index (χ0) is 15.6. The summed E-state index contributed by atoms with van der Waals surface area (Å²) in [7, 11) is 0. The Hall–Kier alpha value is -2.95. The van der Waals surface area contributed by atoms with Crippen LogP contribution in [0.1, 0.15) is 21.5 Å². The van der Waals surface area contributed by atoms with Gasteiger partial charge in [-0.05, 0) is 41.8 Å². The van der Waals surface area contributed by atoms with Crippen molar-refractivity contribution in [2.24, 2.45) is 0 Å². The fourth-order valence-corrected chi connectivity index (χ4v) is 2.96. The molecule has 3 aromatic rings. The summed E-state index contributed by atoms with van der Waals surface area (Å²) in [5.41, 5.74) is 4.24. The minimum Gasteiger partial charge on any atom is -0.334 e. The minimum absolute atomic E-state index is 0.0785. The lowest BCUT2D eigenvalue weighted by Crippen LogP contribution is -2.35. The molecule has 0 saturated carbocycles. The Morgan fingerprint density at radius 1 is 0.913 bits per heavy atom. The molecule has 5 nitrogen and oxygen atoms in total. The molecule has 114 valence electrons. The smallest absolute Gasteiger partial charge is 0.254 e. The predicted octanol–water partition coefficient (Wildman–Crippen LogP) is 2.47. The van der Waals surface area contributed by atoms with Crippen molar-refractivity contribution in [2.45, 2.75) is 13.0 Å². The van der Waals surface area contributed by atoms with E-state index in [1.165, 1.54) is 11.1 Å². The summed E-state index contributed by atoms with van der Waals surface area (Å²) in [5.74, 6) is 0.0785. The average molecular weight is 304 g/mol. The highest BCUT2D eigenvalue weighted by atomic mass is 16.2. The number of hydrogen-bond donors (Lipinski definition) is 0. The first kappa shape index (κ1) is 13.7. The maximum absolute atomic E-state index is 12.7. The zero-order valence-corrected chi connectivity index (χ0v) is 12.6. The van der Waals surface area contributed by atoms with Gasteiger partial charge in [0.2, 0.25) is 0 Å². The van der Waals surface area contributed by atoms with Crippen LogP contribution in [0.2, 0.25) is 0 Å². The van der Waals surface area contributed by atoms with E-state index in [0.29, 0.717) is 12.1 Å². The van der Waals surface area contributed by atoms with Gasteiger partial charge in [-0.15, -0.1) is 10.2 Å². The van der Waals surface area contributed by atoms with Gasteiger partial charge in [0.15, 0.2) is 0 Å². The number of nitrogens with zero attached hydrogens (tertiary/aromatic N) is 4. The van der Waals surface area contributed by atoms with Crippen LogP contribution >= 0.6 is 0 Å². The van der Waals surface area contributed by atoms with Crippen LogP contribution in [0, 0.1) is 0 Å². The molecule has 5 heteroatoms. The molecule has 0 spiro atoms. The van der Waals surface area contributed by atoms with E-state index in [2.05, 4.69) is 28.4 Å². The van der Waals surface area contributed by atoms with E-state index in [4.69, 9.17) is 0 Å². The van der Waals surface area contributed by atoms with Crippen molar-refractivity contribution in [1.29, 1.82) is 0 Å². The predicted molar refractivity (Wildman–Crippen MR) is 86.2 cm³/mol. The summed E-state index contributed by atoms with van der Waals surface area (Å²) in [6.45, 7) is 1.45. The Kier molecular flexibility index (Phi) is 3.38. The fraction of sp³-hybridized carbons (Fsp3) is 0.167. The zero-order valence-electron chi connectivity index (χ0n) is 12.6. The van der Waals surface area contributed by atoms with Crippen molar-refractivity contribution in [3.8, 4) is 5.69 Å². The molecule has 1 aliphatic heterocycles. The molecule has 0 bridgehead atoms. The number of benzene rings is 2. The maximum atomic E-state index is 12.7. The molecule has 0 N–H and O–H groups in total. The number of carbonyl (C=O) groups is 1. The SMILES string of the molecule is O=C(c1ccc(-n2cnnc2)cc1)N1CCc2ccccc2C1. The molecule has 0 fully saturated rings. The first-order valence-corrected chi connectivity index (χ1v) is 7.62. The highest BCUT2D eigenvalue weighted by Crippen LogP contribution is 2.20. The normalized spacial score (nSPS) is 13.7. The summed E-state index contributed by atoms with van der Waals surface area (Å²) in [4.78, 5) is 14.6. The van der Waals surface area contributed by atoms with Gasteiger partial charge >= 0.3 is 0 Å². The molecule has 1 amide bonds. The Balaban J connectivity index is 1.53. The van der Waals surface area contributed by atoms with E-state index in [1.54, 1.807) is 12.7 Å². The number of fused-ring (bicyclic) bond motifs is 1. The summed E-state index contributed by atoms with van der Waals surface area (Å²) in [5, 5.41) is 7.58. The molecule has 2 heterocycles. The summed E-state index contributed by atoms with van der Waals surface area (Å²) in [6, 6.07) is 15.9. The molecular formula is C18H16N4O. The quantitative estimate of drug-likeness (QED) is 0.731. The fourth-order valence-electron chi connectivity index (χ4n) is 2.96. The maximum Gasteiger partial charge on any atom is 0.254 e. The topological polar surface area (TPSA) is 51.0 Å². The molecular weight excluding hydrogens is 288 g/mol. The largest absolute Gasteiger partial charge is 0.334 e. The van der Waals surface area contributed by atoms with Crippen molar-refractivity contribution in [3.05, 3.63) is 77.9 Å². The Morgan fingerprint density at radius 2 is 1.61 bits per heavy atom. The molecule has 1 aromatic heterocycles. The minimum atomic E-state index is 0.0785. The molecule has 0 saturated heterocycles. The Labute approximate surface area is 134 Å². The van der Waals surface area contributed by atoms with Crippen molar-refractivity contribution < 1.29 is 4.79 Å². The monoisotopic (exact) mass is 304 g/mol.